The van der Waals surface area contributed by atoms with Crippen LogP contribution in [-0.4, -0.2) is 0 Å². The molecule has 3 aromatic rings. The zero-order valence-electron chi connectivity index (χ0n) is 10.3. The number of hydrogen-bond donors (Lipinski definition) is 0. The van der Waals surface area contributed by atoms with E-state index < -0.39 is 5.63 Å². The van der Waals surface area contributed by atoms with Crippen molar-refractivity contribution in [2.45, 2.75) is 0 Å². The zero-order valence-corrected chi connectivity index (χ0v) is 10.3. The SMILES string of the molecule is N#Cc1ccc2c(-c3ccc(F)cc3)cc(=O)oc2c1. The summed E-state index contributed by atoms with van der Waals surface area (Å²) >= 11 is 0. The molecule has 0 aliphatic carbocycles. The average Bonchev–Trinajstić information content (AvgIpc) is 2.46. The van der Waals surface area contributed by atoms with E-state index in [0.29, 0.717) is 27.7 Å². The minimum Gasteiger partial charge on any atom is -0.423 e. The largest absolute Gasteiger partial charge is 0.423 e. The van der Waals surface area contributed by atoms with Gasteiger partial charge in [0.2, 0.25) is 0 Å². The van der Waals surface area contributed by atoms with Gasteiger partial charge in [-0.1, -0.05) is 12.1 Å². The molecule has 1 heterocycles. The molecule has 0 aliphatic rings. The molecular weight excluding hydrogens is 257 g/mol. The first-order valence-corrected chi connectivity index (χ1v) is 5.91. The Morgan fingerprint density at radius 1 is 1.05 bits per heavy atom. The Hall–Kier alpha value is -2.93. The van der Waals surface area contributed by atoms with Crippen LogP contribution < -0.4 is 5.63 Å². The fourth-order valence-corrected chi connectivity index (χ4v) is 2.10. The molecule has 1 aromatic heterocycles. The molecule has 2 aromatic carbocycles. The maximum absolute atomic E-state index is 13.0. The summed E-state index contributed by atoms with van der Waals surface area (Å²) in [6.07, 6.45) is 0. The lowest BCUT2D eigenvalue weighted by molar-refractivity contribution is 0.561. The number of fused-ring (bicyclic) bond motifs is 1. The van der Waals surface area contributed by atoms with E-state index in [9.17, 15) is 9.18 Å². The molecule has 0 spiro atoms. The first-order valence-electron chi connectivity index (χ1n) is 5.91. The molecule has 0 atom stereocenters. The van der Waals surface area contributed by atoms with E-state index in [1.54, 1.807) is 24.3 Å². The van der Waals surface area contributed by atoms with Crippen LogP contribution in [0.15, 0.2) is 57.7 Å². The average molecular weight is 265 g/mol. The quantitative estimate of drug-likeness (QED) is 0.633. The van der Waals surface area contributed by atoms with E-state index in [4.69, 9.17) is 9.68 Å². The van der Waals surface area contributed by atoms with Gasteiger partial charge >= 0.3 is 5.63 Å². The van der Waals surface area contributed by atoms with Crippen LogP contribution >= 0.6 is 0 Å². The maximum atomic E-state index is 13.0. The van der Waals surface area contributed by atoms with Gasteiger partial charge in [0, 0.05) is 11.5 Å². The second-order valence-electron chi connectivity index (χ2n) is 4.31. The number of nitriles is 1. The lowest BCUT2D eigenvalue weighted by atomic mass is 10.0. The minimum absolute atomic E-state index is 0.340. The van der Waals surface area contributed by atoms with Crippen molar-refractivity contribution in [1.82, 2.24) is 0 Å². The number of benzene rings is 2. The smallest absolute Gasteiger partial charge is 0.336 e. The fourth-order valence-electron chi connectivity index (χ4n) is 2.10. The molecule has 3 rings (SSSR count). The highest BCUT2D eigenvalue weighted by Gasteiger charge is 2.08. The summed E-state index contributed by atoms with van der Waals surface area (Å²) in [7, 11) is 0. The summed E-state index contributed by atoms with van der Waals surface area (Å²) in [5.41, 5.74) is 1.62. The topological polar surface area (TPSA) is 54.0 Å². The normalized spacial score (nSPS) is 10.4. The minimum atomic E-state index is -0.507. The van der Waals surface area contributed by atoms with E-state index in [2.05, 4.69) is 0 Å². The van der Waals surface area contributed by atoms with Crippen LogP contribution in [0.3, 0.4) is 0 Å². The van der Waals surface area contributed by atoms with Crippen LogP contribution in [0.25, 0.3) is 22.1 Å². The molecule has 0 N–H and O–H groups in total. The van der Waals surface area contributed by atoms with Gasteiger partial charge < -0.3 is 4.42 Å². The first kappa shape index (κ1) is 12.1. The Balaban J connectivity index is 2.33. The third-order valence-corrected chi connectivity index (χ3v) is 3.03. The van der Waals surface area contributed by atoms with Gasteiger partial charge in [-0.3, -0.25) is 0 Å². The Bertz CT molecular complexity index is 889. The van der Waals surface area contributed by atoms with Crippen molar-refractivity contribution in [3.05, 3.63) is 70.3 Å². The van der Waals surface area contributed by atoms with Crippen molar-refractivity contribution < 1.29 is 8.81 Å². The van der Waals surface area contributed by atoms with Gasteiger partial charge in [0.15, 0.2) is 0 Å². The van der Waals surface area contributed by atoms with E-state index in [-0.39, 0.29) is 5.82 Å². The van der Waals surface area contributed by atoms with Crippen molar-refractivity contribution in [3.8, 4) is 17.2 Å². The molecule has 4 heteroatoms. The van der Waals surface area contributed by atoms with Crippen LogP contribution in [0, 0.1) is 17.1 Å². The van der Waals surface area contributed by atoms with Crippen LogP contribution in [0.5, 0.6) is 0 Å². The third-order valence-electron chi connectivity index (χ3n) is 3.03. The summed E-state index contributed by atoms with van der Waals surface area (Å²) in [6.45, 7) is 0. The van der Waals surface area contributed by atoms with Crippen LogP contribution in [0.2, 0.25) is 0 Å². The first-order chi connectivity index (χ1) is 9.67. The van der Waals surface area contributed by atoms with E-state index in [1.807, 2.05) is 6.07 Å². The van der Waals surface area contributed by atoms with Crippen molar-refractivity contribution in [2.24, 2.45) is 0 Å². The molecule has 0 bridgehead atoms. The Labute approximate surface area is 113 Å². The summed E-state index contributed by atoms with van der Waals surface area (Å²) in [6, 6.07) is 14.1. The highest BCUT2D eigenvalue weighted by molar-refractivity contribution is 5.93. The van der Waals surface area contributed by atoms with Crippen molar-refractivity contribution >= 4 is 11.0 Å². The number of rotatable bonds is 1. The molecule has 0 fully saturated rings. The molecule has 3 nitrogen and oxygen atoms in total. The number of nitrogens with zero attached hydrogens (tertiary/aromatic N) is 1. The molecular formula is C16H8FNO2. The second kappa shape index (κ2) is 4.63. The number of halogens is 1. The molecule has 20 heavy (non-hydrogen) atoms. The number of hydrogen-bond acceptors (Lipinski definition) is 3. The third kappa shape index (κ3) is 2.06. The van der Waals surface area contributed by atoms with E-state index in [1.165, 1.54) is 24.3 Å². The molecule has 0 radical (unpaired) electrons. The van der Waals surface area contributed by atoms with Crippen molar-refractivity contribution in [1.29, 1.82) is 5.26 Å². The van der Waals surface area contributed by atoms with Gasteiger partial charge in [-0.2, -0.15) is 5.26 Å². The van der Waals surface area contributed by atoms with E-state index in [0.717, 1.165) is 0 Å². The van der Waals surface area contributed by atoms with Gasteiger partial charge in [-0.25, -0.2) is 9.18 Å². The van der Waals surface area contributed by atoms with Gasteiger partial charge in [0.25, 0.3) is 0 Å². The summed E-state index contributed by atoms with van der Waals surface area (Å²) in [5, 5.41) is 9.58. The van der Waals surface area contributed by atoms with Gasteiger partial charge in [0.1, 0.15) is 11.4 Å². The molecule has 96 valence electrons. The van der Waals surface area contributed by atoms with Crippen molar-refractivity contribution in [3.63, 3.8) is 0 Å². The summed E-state index contributed by atoms with van der Waals surface area (Å²) < 4.78 is 18.1. The van der Waals surface area contributed by atoms with Gasteiger partial charge in [0.05, 0.1) is 11.6 Å². The van der Waals surface area contributed by atoms with Gasteiger partial charge in [-0.05, 0) is 41.5 Å². The summed E-state index contributed by atoms with van der Waals surface area (Å²) in [4.78, 5) is 11.6. The predicted octanol–water partition coefficient (Wildman–Crippen LogP) is 3.47. The second-order valence-corrected chi connectivity index (χ2v) is 4.31. The predicted molar refractivity (Wildman–Crippen MR) is 72.6 cm³/mol. The molecule has 0 saturated heterocycles. The van der Waals surface area contributed by atoms with Crippen LogP contribution in [-0.2, 0) is 0 Å². The molecule has 0 amide bonds. The molecule has 0 unspecified atom stereocenters. The Morgan fingerprint density at radius 3 is 2.50 bits per heavy atom. The van der Waals surface area contributed by atoms with Gasteiger partial charge in [-0.15, -0.1) is 0 Å². The Kier molecular flexibility index (Phi) is 2.81. The lowest BCUT2D eigenvalue weighted by Crippen LogP contribution is -1.98. The fraction of sp³-hybridized carbons (Fsp3) is 0. The maximum Gasteiger partial charge on any atom is 0.336 e. The summed E-state index contributed by atoms with van der Waals surface area (Å²) in [5.74, 6) is -0.340. The van der Waals surface area contributed by atoms with Crippen LogP contribution in [0.1, 0.15) is 5.56 Å². The molecule has 0 aliphatic heterocycles. The monoisotopic (exact) mass is 265 g/mol. The Morgan fingerprint density at radius 2 is 1.80 bits per heavy atom. The lowest BCUT2D eigenvalue weighted by Gasteiger charge is -2.05. The highest BCUT2D eigenvalue weighted by Crippen LogP contribution is 2.27. The highest BCUT2D eigenvalue weighted by atomic mass is 19.1. The van der Waals surface area contributed by atoms with Crippen molar-refractivity contribution in [2.75, 3.05) is 0 Å². The zero-order chi connectivity index (χ0) is 14.1. The standard InChI is InChI=1S/C16H8FNO2/c17-12-4-2-11(3-5-12)14-8-16(19)20-15-7-10(9-18)1-6-13(14)15/h1-8H. The molecule has 0 saturated carbocycles. The van der Waals surface area contributed by atoms with Crippen LogP contribution in [0.4, 0.5) is 4.39 Å². The van der Waals surface area contributed by atoms with E-state index >= 15 is 0 Å².